The molecule has 0 aliphatic carbocycles. The number of nitrogens with one attached hydrogen (secondary N) is 1. The molecule has 6 heteroatoms. The van der Waals surface area contributed by atoms with Crippen LogP contribution in [-0.2, 0) is 6.54 Å². The molecular formula is C22H26ClN3O2. The van der Waals surface area contributed by atoms with Gasteiger partial charge in [-0.3, -0.25) is 4.90 Å². The molecular weight excluding hydrogens is 374 g/mol. The number of nitrogens with zero attached hydrogens (tertiary/aromatic N) is 2. The lowest BCUT2D eigenvalue weighted by Gasteiger charge is -2.33. The number of rotatable bonds is 8. The average molecular weight is 400 g/mol. The molecule has 2 aromatic rings. The van der Waals surface area contributed by atoms with Gasteiger partial charge in [-0.1, -0.05) is 35.9 Å². The van der Waals surface area contributed by atoms with Gasteiger partial charge in [0.15, 0.2) is 0 Å². The number of hydrogen-bond acceptors (Lipinski definition) is 5. The molecule has 3 rings (SSSR count). The SMILES string of the molecule is N#Cc1ccccc1OC[C@@H](O)CNC1CCN(Cc2ccc(Cl)cc2)CC1. The summed E-state index contributed by atoms with van der Waals surface area (Å²) in [4.78, 5) is 2.44. The fourth-order valence-electron chi connectivity index (χ4n) is 3.38. The Kier molecular flexibility index (Phi) is 7.70. The molecule has 0 saturated carbocycles. The number of piperidine rings is 1. The number of nitriles is 1. The van der Waals surface area contributed by atoms with Crippen LogP contribution in [0.25, 0.3) is 0 Å². The summed E-state index contributed by atoms with van der Waals surface area (Å²) in [5, 5.41) is 23.5. The first-order valence-electron chi connectivity index (χ1n) is 9.64. The first-order valence-corrected chi connectivity index (χ1v) is 10.0. The molecule has 1 saturated heterocycles. The highest BCUT2D eigenvalue weighted by atomic mass is 35.5. The van der Waals surface area contributed by atoms with Crippen molar-refractivity contribution in [3.63, 3.8) is 0 Å². The van der Waals surface area contributed by atoms with Gasteiger partial charge in [0.25, 0.3) is 0 Å². The predicted octanol–water partition coefficient (Wildman–Crippen LogP) is 3.21. The molecule has 1 aliphatic heterocycles. The Balaban J connectivity index is 1.34. The van der Waals surface area contributed by atoms with Crippen LogP contribution in [0.5, 0.6) is 5.75 Å². The Hall–Kier alpha value is -2.10. The third-order valence-corrected chi connectivity index (χ3v) is 5.24. The number of ether oxygens (including phenoxy) is 1. The first kappa shape index (κ1) is 20.6. The summed E-state index contributed by atoms with van der Waals surface area (Å²) in [5.41, 5.74) is 1.76. The Morgan fingerprint density at radius 1 is 1.18 bits per heavy atom. The predicted molar refractivity (Wildman–Crippen MR) is 110 cm³/mol. The zero-order valence-electron chi connectivity index (χ0n) is 15.9. The molecule has 1 fully saturated rings. The number of likely N-dealkylation sites (tertiary alicyclic amines) is 1. The molecule has 1 heterocycles. The van der Waals surface area contributed by atoms with Crippen LogP contribution >= 0.6 is 11.6 Å². The maximum atomic E-state index is 10.2. The van der Waals surface area contributed by atoms with E-state index in [2.05, 4.69) is 28.4 Å². The van der Waals surface area contributed by atoms with Crippen molar-refractivity contribution in [3.8, 4) is 11.8 Å². The molecule has 1 aliphatic rings. The minimum absolute atomic E-state index is 0.168. The van der Waals surface area contributed by atoms with Crippen molar-refractivity contribution in [1.82, 2.24) is 10.2 Å². The second-order valence-electron chi connectivity index (χ2n) is 7.16. The summed E-state index contributed by atoms with van der Waals surface area (Å²) in [6.07, 6.45) is 1.50. The van der Waals surface area contributed by atoms with Crippen molar-refractivity contribution < 1.29 is 9.84 Å². The summed E-state index contributed by atoms with van der Waals surface area (Å²) in [6, 6.07) is 17.6. The van der Waals surface area contributed by atoms with Crippen LogP contribution in [0.1, 0.15) is 24.0 Å². The average Bonchev–Trinajstić information content (AvgIpc) is 2.73. The van der Waals surface area contributed by atoms with Crippen LogP contribution in [0.3, 0.4) is 0 Å². The Morgan fingerprint density at radius 2 is 1.89 bits per heavy atom. The second kappa shape index (κ2) is 10.4. The highest BCUT2D eigenvalue weighted by Crippen LogP contribution is 2.17. The molecule has 0 amide bonds. The van der Waals surface area contributed by atoms with Gasteiger partial charge in [0.05, 0.1) is 5.56 Å². The van der Waals surface area contributed by atoms with Crippen LogP contribution in [-0.4, -0.2) is 48.4 Å². The fourth-order valence-corrected chi connectivity index (χ4v) is 3.50. The van der Waals surface area contributed by atoms with Gasteiger partial charge in [-0.15, -0.1) is 0 Å². The minimum Gasteiger partial charge on any atom is -0.489 e. The smallest absolute Gasteiger partial charge is 0.137 e. The molecule has 0 bridgehead atoms. The number of aliphatic hydroxyl groups excluding tert-OH is 1. The molecule has 2 aromatic carbocycles. The summed E-state index contributed by atoms with van der Waals surface area (Å²) in [6.45, 7) is 3.65. The van der Waals surface area contributed by atoms with E-state index in [0.717, 1.165) is 37.5 Å². The Labute approximate surface area is 171 Å². The van der Waals surface area contributed by atoms with Crippen molar-refractivity contribution in [1.29, 1.82) is 5.26 Å². The third-order valence-electron chi connectivity index (χ3n) is 4.99. The van der Waals surface area contributed by atoms with Gasteiger partial charge in [0.1, 0.15) is 24.5 Å². The van der Waals surface area contributed by atoms with Crippen molar-refractivity contribution in [2.45, 2.75) is 31.5 Å². The molecule has 2 N–H and O–H groups in total. The molecule has 0 radical (unpaired) electrons. The van der Waals surface area contributed by atoms with Gasteiger partial charge < -0.3 is 15.2 Å². The molecule has 0 aromatic heterocycles. The number of hydrogen-bond donors (Lipinski definition) is 2. The Bertz CT molecular complexity index is 783. The van der Waals surface area contributed by atoms with Gasteiger partial charge in [0.2, 0.25) is 0 Å². The minimum atomic E-state index is -0.612. The Morgan fingerprint density at radius 3 is 2.61 bits per heavy atom. The van der Waals surface area contributed by atoms with Gasteiger partial charge in [-0.25, -0.2) is 0 Å². The van der Waals surface area contributed by atoms with E-state index in [9.17, 15) is 5.11 Å². The van der Waals surface area contributed by atoms with E-state index in [1.54, 1.807) is 18.2 Å². The van der Waals surface area contributed by atoms with E-state index in [1.165, 1.54) is 5.56 Å². The summed E-state index contributed by atoms with van der Waals surface area (Å²) < 4.78 is 5.59. The third kappa shape index (κ3) is 6.22. The van der Waals surface area contributed by atoms with E-state index >= 15 is 0 Å². The number of halogens is 1. The molecule has 0 spiro atoms. The maximum absolute atomic E-state index is 10.2. The van der Waals surface area contributed by atoms with Gasteiger partial charge in [-0.05, 0) is 55.8 Å². The molecule has 1 atom stereocenters. The summed E-state index contributed by atoms with van der Waals surface area (Å²) >= 11 is 5.94. The maximum Gasteiger partial charge on any atom is 0.137 e. The fraction of sp³-hybridized carbons (Fsp3) is 0.409. The second-order valence-corrected chi connectivity index (χ2v) is 7.59. The van der Waals surface area contributed by atoms with Crippen LogP contribution in [0.4, 0.5) is 0 Å². The van der Waals surface area contributed by atoms with Crippen molar-refractivity contribution in [3.05, 3.63) is 64.7 Å². The van der Waals surface area contributed by atoms with Gasteiger partial charge in [-0.2, -0.15) is 5.26 Å². The van der Waals surface area contributed by atoms with E-state index in [-0.39, 0.29) is 6.61 Å². The van der Waals surface area contributed by atoms with E-state index in [4.69, 9.17) is 21.6 Å². The largest absolute Gasteiger partial charge is 0.489 e. The molecule has 148 valence electrons. The highest BCUT2D eigenvalue weighted by molar-refractivity contribution is 6.30. The quantitative estimate of drug-likeness (QED) is 0.713. The lowest BCUT2D eigenvalue weighted by molar-refractivity contribution is 0.0978. The van der Waals surface area contributed by atoms with Crippen LogP contribution < -0.4 is 10.1 Å². The lowest BCUT2D eigenvalue weighted by atomic mass is 10.0. The summed E-state index contributed by atoms with van der Waals surface area (Å²) in [7, 11) is 0. The van der Waals surface area contributed by atoms with Gasteiger partial charge >= 0.3 is 0 Å². The van der Waals surface area contributed by atoms with E-state index in [1.807, 2.05) is 18.2 Å². The number of para-hydroxylation sites is 1. The topological polar surface area (TPSA) is 68.5 Å². The normalized spacial score (nSPS) is 16.5. The van der Waals surface area contributed by atoms with Gasteiger partial charge in [0, 0.05) is 24.2 Å². The summed E-state index contributed by atoms with van der Waals surface area (Å²) in [5.74, 6) is 0.513. The van der Waals surface area contributed by atoms with Crippen LogP contribution in [0.2, 0.25) is 5.02 Å². The highest BCUT2D eigenvalue weighted by Gasteiger charge is 2.20. The zero-order valence-corrected chi connectivity index (χ0v) is 16.6. The molecule has 28 heavy (non-hydrogen) atoms. The zero-order chi connectivity index (χ0) is 19.8. The van der Waals surface area contributed by atoms with Crippen molar-refractivity contribution >= 4 is 11.6 Å². The first-order chi connectivity index (χ1) is 13.6. The monoisotopic (exact) mass is 399 g/mol. The lowest BCUT2D eigenvalue weighted by Crippen LogP contribution is -2.45. The molecule has 5 nitrogen and oxygen atoms in total. The van der Waals surface area contributed by atoms with Crippen molar-refractivity contribution in [2.75, 3.05) is 26.2 Å². The standard InChI is InChI=1S/C22H26ClN3O2/c23-19-7-5-17(6-8-19)15-26-11-9-20(10-12-26)25-14-21(27)16-28-22-4-2-1-3-18(22)13-24/h1-8,20-21,25,27H,9-12,14-16H2/t21-/m0/s1. The van der Waals surface area contributed by atoms with Crippen LogP contribution in [0.15, 0.2) is 48.5 Å². The van der Waals surface area contributed by atoms with E-state index in [0.29, 0.717) is 23.9 Å². The number of benzene rings is 2. The molecule has 0 unspecified atom stereocenters. The van der Waals surface area contributed by atoms with Crippen molar-refractivity contribution in [2.24, 2.45) is 0 Å². The van der Waals surface area contributed by atoms with Crippen LogP contribution in [0, 0.1) is 11.3 Å². The van der Waals surface area contributed by atoms with E-state index < -0.39 is 6.10 Å². The number of aliphatic hydroxyl groups is 1.